The van der Waals surface area contributed by atoms with E-state index in [0.717, 1.165) is 0 Å². The minimum atomic E-state index is -4.84. The molecular weight excluding hydrogens is 379 g/mol. The lowest BCUT2D eigenvalue weighted by molar-refractivity contribution is -0.275. The molecule has 1 aliphatic rings. The highest BCUT2D eigenvalue weighted by atomic mass is 19.4. The number of carbonyl (C=O) groups is 1. The van der Waals surface area contributed by atoms with E-state index in [-0.39, 0.29) is 30.4 Å². The van der Waals surface area contributed by atoms with Crippen LogP contribution >= 0.6 is 0 Å². The summed E-state index contributed by atoms with van der Waals surface area (Å²) < 4.78 is 58.5. The number of para-hydroxylation sites is 1. The molecular formula is C19H18F3NO5. The van der Waals surface area contributed by atoms with Gasteiger partial charge in [-0.2, -0.15) is 0 Å². The fourth-order valence-electron chi connectivity index (χ4n) is 3.03. The van der Waals surface area contributed by atoms with E-state index in [1.165, 1.54) is 37.3 Å². The first-order valence-corrected chi connectivity index (χ1v) is 8.29. The Morgan fingerprint density at radius 2 is 1.64 bits per heavy atom. The molecule has 1 aliphatic heterocycles. The van der Waals surface area contributed by atoms with Crippen LogP contribution in [0, 0.1) is 0 Å². The van der Waals surface area contributed by atoms with Gasteiger partial charge in [0.1, 0.15) is 23.9 Å². The predicted octanol–water partition coefficient (Wildman–Crippen LogP) is 3.66. The molecule has 0 radical (unpaired) electrons. The molecule has 1 heterocycles. The molecule has 150 valence electrons. The second-order valence-electron chi connectivity index (χ2n) is 5.92. The Labute approximate surface area is 159 Å². The van der Waals surface area contributed by atoms with Gasteiger partial charge < -0.3 is 23.8 Å². The highest BCUT2D eigenvalue weighted by molar-refractivity contribution is 5.80. The van der Waals surface area contributed by atoms with Crippen LogP contribution in [0.1, 0.15) is 17.4 Å². The van der Waals surface area contributed by atoms with Crippen LogP contribution in [0.3, 0.4) is 0 Å². The minimum Gasteiger partial charge on any atom is -0.496 e. The molecule has 0 N–H and O–H groups in total. The summed E-state index contributed by atoms with van der Waals surface area (Å²) in [6.07, 6.45) is -5.72. The Morgan fingerprint density at radius 3 is 2.25 bits per heavy atom. The molecule has 0 saturated carbocycles. The molecule has 6 nitrogen and oxygen atoms in total. The molecule has 9 heteroatoms. The summed E-state index contributed by atoms with van der Waals surface area (Å²) in [5.74, 6) is 0.118. The third-order valence-corrected chi connectivity index (χ3v) is 4.22. The second-order valence-corrected chi connectivity index (χ2v) is 5.92. The van der Waals surface area contributed by atoms with Gasteiger partial charge in [-0.15, -0.1) is 13.2 Å². The van der Waals surface area contributed by atoms with Crippen LogP contribution in [0.5, 0.6) is 17.2 Å². The fraction of sp³-hybridized carbons (Fsp3) is 0.316. The normalized spacial score (nSPS) is 17.0. The molecule has 1 fully saturated rings. The van der Waals surface area contributed by atoms with Gasteiger partial charge >= 0.3 is 6.36 Å². The summed E-state index contributed by atoms with van der Waals surface area (Å²) in [5.41, 5.74) is 0.671. The molecule has 0 aliphatic carbocycles. The van der Waals surface area contributed by atoms with Gasteiger partial charge in [0.2, 0.25) is 0 Å². The molecule has 1 saturated heterocycles. The smallest absolute Gasteiger partial charge is 0.496 e. The molecule has 28 heavy (non-hydrogen) atoms. The lowest BCUT2D eigenvalue weighted by Gasteiger charge is -2.27. The molecule has 0 spiro atoms. The van der Waals surface area contributed by atoms with Crippen molar-refractivity contribution in [2.75, 3.05) is 20.8 Å². The third-order valence-electron chi connectivity index (χ3n) is 4.22. The zero-order valence-corrected chi connectivity index (χ0v) is 15.2. The van der Waals surface area contributed by atoms with Crippen molar-refractivity contribution in [2.45, 2.75) is 19.1 Å². The first-order chi connectivity index (χ1) is 13.3. The van der Waals surface area contributed by atoms with Crippen LogP contribution < -0.4 is 14.2 Å². The number of amides is 1. The summed E-state index contributed by atoms with van der Waals surface area (Å²) in [6, 6.07) is 10.7. The van der Waals surface area contributed by atoms with Crippen molar-refractivity contribution >= 4 is 5.91 Å². The van der Waals surface area contributed by atoms with Crippen LogP contribution in [0.25, 0.3) is 0 Å². The zero-order chi connectivity index (χ0) is 20.3. The molecule has 0 bridgehead atoms. The van der Waals surface area contributed by atoms with E-state index in [0.29, 0.717) is 17.1 Å². The van der Waals surface area contributed by atoms with Crippen LogP contribution in [0.4, 0.5) is 13.2 Å². The number of benzene rings is 2. The molecule has 2 aromatic carbocycles. The lowest BCUT2D eigenvalue weighted by atomic mass is 10.1. The zero-order valence-electron chi connectivity index (χ0n) is 15.2. The third kappa shape index (κ3) is 4.14. The number of nitrogens with zero attached hydrogens (tertiary/aromatic N) is 1. The Hall–Kier alpha value is -2.94. The average Bonchev–Trinajstić information content (AvgIpc) is 3.01. The van der Waals surface area contributed by atoms with Crippen molar-refractivity contribution in [3.05, 3.63) is 53.6 Å². The van der Waals surface area contributed by atoms with Gasteiger partial charge in [0, 0.05) is 5.56 Å². The number of alkyl halides is 3. The molecule has 3 rings (SSSR count). The number of halogens is 3. The van der Waals surface area contributed by atoms with E-state index >= 15 is 0 Å². The van der Waals surface area contributed by atoms with Gasteiger partial charge in [0.25, 0.3) is 5.91 Å². The quantitative estimate of drug-likeness (QED) is 0.745. The summed E-state index contributed by atoms with van der Waals surface area (Å²) in [6.45, 7) is -0.356. The summed E-state index contributed by atoms with van der Waals surface area (Å²) >= 11 is 0. The monoisotopic (exact) mass is 397 g/mol. The molecule has 2 aromatic rings. The molecule has 1 amide bonds. The summed E-state index contributed by atoms with van der Waals surface area (Å²) in [7, 11) is 2.93. The number of ether oxygens (including phenoxy) is 4. The van der Waals surface area contributed by atoms with Gasteiger partial charge in [-0.25, -0.2) is 0 Å². The first-order valence-electron chi connectivity index (χ1n) is 8.29. The van der Waals surface area contributed by atoms with Crippen molar-refractivity contribution in [3.8, 4) is 17.2 Å². The maximum atomic E-state index is 12.7. The van der Waals surface area contributed by atoms with Crippen LogP contribution in [-0.4, -0.2) is 38.0 Å². The van der Waals surface area contributed by atoms with Gasteiger partial charge in [-0.3, -0.25) is 4.79 Å². The standard InChI is InChI=1S/C19H18F3NO5/c1-25-14-8-5-9-15(26-2)17(14)18-23(16(24)11-27-18)10-12-6-3-4-7-13(12)28-19(20,21)22/h3-9,18H,10-11H2,1-2H3. The summed E-state index contributed by atoms with van der Waals surface area (Å²) in [4.78, 5) is 13.7. The van der Waals surface area contributed by atoms with E-state index in [9.17, 15) is 18.0 Å². The highest BCUT2D eigenvalue weighted by Gasteiger charge is 2.38. The molecule has 0 aromatic heterocycles. The van der Waals surface area contributed by atoms with Crippen LogP contribution in [0.2, 0.25) is 0 Å². The topological polar surface area (TPSA) is 57.2 Å². The number of rotatable bonds is 6. The van der Waals surface area contributed by atoms with E-state index < -0.39 is 12.6 Å². The fourth-order valence-corrected chi connectivity index (χ4v) is 3.03. The Balaban J connectivity index is 1.96. The van der Waals surface area contributed by atoms with E-state index in [1.54, 1.807) is 24.3 Å². The van der Waals surface area contributed by atoms with Crippen LogP contribution in [0.15, 0.2) is 42.5 Å². The predicted molar refractivity (Wildman–Crippen MR) is 91.9 cm³/mol. The largest absolute Gasteiger partial charge is 0.573 e. The Bertz CT molecular complexity index is 833. The van der Waals surface area contributed by atoms with Crippen LogP contribution in [-0.2, 0) is 16.1 Å². The second kappa shape index (κ2) is 7.97. The van der Waals surface area contributed by atoms with Crippen molar-refractivity contribution < 1.29 is 36.9 Å². The number of hydrogen-bond donors (Lipinski definition) is 0. The summed E-state index contributed by atoms with van der Waals surface area (Å²) in [5, 5.41) is 0. The van der Waals surface area contributed by atoms with E-state index in [4.69, 9.17) is 14.2 Å². The minimum absolute atomic E-state index is 0.142. The van der Waals surface area contributed by atoms with Gasteiger partial charge in [0.15, 0.2) is 6.23 Å². The number of methoxy groups -OCH3 is 2. The van der Waals surface area contributed by atoms with Crippen molar-refractivity contribution in [2.24, 2.45) is 0 Å². The van der Waals surface area contributed by atoms with Gasteiger partial charge in [-0.1, -0.05) is 24.3 Å². The van der Waals surface area contributed by atoms with Crippen molar-refractivity contribution in [1.82, 2.24) is 4.90 Å². The maximum absolute atomic E-state index is 12.7. The SMILES string of the molecule is COc1cccc(OC)c1C1OCC(=O)N1Cc1ccccc1OC(F)(F)F. The first kappa shape index (κ1) is 19.8. The number of hydrogen-bond acceptors (Lipinski definition) is 5. The van der Waals surface area contributed by atoms with E-state index in [2.05, 4.69) is 4.74 Å². The Kier molecular flexibility index (Phi) is 5.64. The lowest BCUT2D eigenvalue weighted by Crippen LogP contribution is -2.29. The molecule has 1 unspecified atom stereocenters. The van der Waals surface area contributed by atoms with Gasteiger partial charge in [0.05, 0.1) is 26.3 Å². The molecule has 1 atom stereocenters. The highest BCUT2D eigenvalue weighted by Crippen LogP contribution is 2.41. The van der Waals surface area contributed by atoms with Crippen molar-refractivity contribution in [1.29, 1.82) is 0 Å². The van der Waals surface area contributed by atoms with E-state index in [1.807, 2.05) is 0 Å². The Morgan fingerprint density at radius 1 is 1.04 bits per heavy atom. The maximum Gasteiger partial charge on any atom is 0.573 e. The number of carbonyl (C=O) groups excluding carboxylic acids is 1. The van der Waals surface area contributed by atoms with Gasteiger partial charge in [-0.05, 0) is 18.2 Å². The average molecular weight is 397 g/mol. The van der Waals surface area contributed by atoms with Crippen molar-refractivity contribution in [3.63, 3.8) is 0 Å².